The Balaban J connectivity index is 2.11. The molecule has 1 heterocycles. The summed E-state index contributed by atoms with van der Waals surface area (Å²) in [4.78, 5) is 8.66. The first-order valence-corrected chi connectivity index (χ1v) is 5.94. The van der Waals surface area contributed by atoms with Gasteiger partial charge in [0.15, 0.2) is 0 Å². The molecule has 2 aromatic rings. The van der Waals surface area contributed by atoms with E-state index in [1.54, 1.807) is 0 Å². The first kappa shape index (κ1) is 10.3. The Labute approximate surface area is 101 Å². The molecular weight excluding hydrogens is 210 g/mol. The minimum atomic E-state index is 0.382. The number of hydrogen-bond donors (Lipinski definition) is 1. The Bertz CT molecular complexity index is 559. The van der Waals surface area contributed by atoms with Gasteiger partial charge in [0.2, 0.25) is 5.95 Å². The molecule has 1 aromatic carbocycles. The SMILES string of the molecule is Cc1ccccc1-c1cc(C2CC2)nc(N)n1. The first-order chi connectivity index (χ1) is 8.24. The van der Waals surface area contributed by atoms with E-state index >= 15 is 0 Å². The lowest BCUT2D eigenvalue weighted by Crippen LogP contribution is -2.00. The number of nitrogen functional groups attached to an aromatic ring is 1. The van der Waals surface area contributed by atoms with Gasteiger partial charge in [0.1, 0.15) is 0 Å². The Kier molecular flexibility index (Phi) is 2.32. The fraction of sp³-hybridized carbons (Fsp3) is 0.286. The van der Waals surface area contributed by atoms with Crippen molar-refractivity contribution in [2.45, 2.75) is 25.7 Å². The van der Waals surface area contributed by atoms with E-state index in [9.17, 15) is 0 Å². The Hall–Kier alpha value is -1.90. The van der Waals surface area contributed by atoms with E-state index in [0.29, 0.717) is 11.9 Å². The molecule has 3 heteroatoms. The molecule has 1 aliphatic rings. The summed E-state index contributed by atoms with van der Waals surface area (Å²) >= 11 is 0. The smallest absolute Gasteiger partial charge is 0.220 e. The third-order valence-corrected chi connectivity index (χ3v) is 3.18. The lowest BCUT2D eigenvalue weighted by molar-refractivity contribution is 1.000. The lowest BCUT2D eigenvalue weighted by Gasteiger charge is -2.07. The molecule has 0 unspecified atom stereocenters. The minimum Gasteiger partial charge on any atom is -0.368 e. The van der Waals surface area contributed by atoms with Gasteiger partial charge in [-0.25, -0.2) is 9.97 Å². The standard InChI is InChI=1S/C14H15N3/c1-9-4-2-3-5-11(9)13-8-12(10-6-7-10)16-14(15)17-13/h2-5,8,10H,6-7H2,1H3,(H2,15,16,17). The van der Waals surface area contributed by atoms with Gasteiger partial charge in [-0.2, -0.15) is 0 Å². The predicted molar refractivity (Wildman–Crippen MR) is 68.6 cm³/mol. The number of nitrogens with zero attached hydrogens (tertiary/aromatic N) is 2. The highest BCUT2D eigenvalue weighted by Crippen LogP contribution is 2.40. The summed E-state index contributed by atoms with van der Waals surface area (Å²) in [6, 6.07) is 10.3. The van der Waals surface area contributed by atoms with Crippen molar-refractivity contribution in [1.82, 2.24) is 9.97 Å². The van der Waals surface area contributed by atoms with Crippen LogP contribution in [-0.2, 0) is 0 Å². The van der Waals surface area contributed by atoms with Crippen molar-refractivity contribution >= 4 is 5.95 Å². The third kappa shape index (κ3) is 2.00. The second-order valence-corrected chi connectivity index (χ2v) is 4.63. The summed E-state index contributed by atoms with van der Waals surface area (Å²) in [6.45, 7) is 2.09. The summed E-state index contributed by atoms with van der Waals surface area (Å²) in [6.07, 6.45) is 2.45. The molecule has 0 amide bonds. The normalized spacial score (nSPS) is 14.9. The van der Waals surface area contributed by atoms with Crippen LogP contribution in [0, 0.1) is 6.92 Å². The third-order valence-electron chi connectivity index (χ3n) is 3.18. The van der Waals surface area contributed by atoms with Gasteiger partial charge in [0.05, 0.1) is 5.69 Å². The molecule has 3 rings (SSSR count). The quantitative estimate of drug-likeness (QED) is 0.855. The van der Waals surface area contributed by atoms with Crippen LogP contribution in [0.25, 0.3) is 11.3 Å². The van der Waals surface area contributed by atoms with E-state index in [1.165, 1.54) is 18.4 Å². The van der Waals surface area contributed by atoms with Crippen LogP contribution in [0.5, 0.6) is 0 Å². The Morgan fingerprint density at radius 3 is 2.65 bits per heavy atom. The maximum atomic E-state index is 5.79. The van der Waals surface area contributed by atoms with Crippen molar-refractivity contribution in [3.63, 3.8) is 0 Å². The van der Waals surface area contributed by atoms with Crippen molar-refractivity contribution in [3.8, 4) is 11.3 Å². The van der Waals surface area contributed by atoms with Gasteiger partial charge in [0, 0.05) is 17.2 Å². The molecule has 1 fully saturated rings. The number of hydrogen-bond acceptors (Lipinski definition) is 3. The van der Waals surface area contributed by atoms with Crippen LogP contribution in [0.15, 0.2) is 30.3 Å². The van der Waals surface area contributed by atoms with Crippen LogP contribution in [0.4, 0.5) is 5.95 Å². The molecule has 0 aliphatic heterocycles. The molecule has 0 spiro atoms. The summed E-state index contributed by atoms with van der Waals surface area (Å²) in [5.74, 6) is 0.982. The average Bonchev–Trinajstić information content (AvgIpc) is 3.12. The molecule has 0 atom stereocenters. The predicted octanol–water partition coefficient (Wildman–Crippen LogP) is 2.91. The second kappa shape index (κ2) is 3.84. The number of benzene rings is 1. The highest BCUT2D eigenvalue weighted by Gasteiger charge is 2.26. The molecule has 0 radical (unpaired) electrons. The highest BCUT2D eigenvalue weighted by molar-refractivity contribution is 5.64. The van der Waals surface area contributed by atoms with Crippen molar-refractivity contribution in [3.05, 3.63) is 41.6 Å². The second-order valence-electron chi connectivity index (χ2n) is 4.63. The molecule has 1 saturated carbocycles. The number of anilines is 1. The molecular formula is C14H15N3. The van der Waals surface area contributed by atoms with Crippen LogP contribution in [0.1, 0.15) is 30.0 Å². The number of nitrogens with two attached hydrogens (primary N) is 1. The van der Waals surface area contributed by atoms with Crippen LogP contribution in [-0.4, -0.2) is 9.97 Å². The summed E-state index contributed by atoms with van der Waals surface area (Å²) in [5, 5.41) is 0. The average molecular weight is 225 g/mol. The summed E-state index contributed by atoms with van der Waals surface area (Å²) in [7, 11) is 0. The highest BCUT2D eigenvalue weighted by atomic mass is 15.0. The molecule has 0 saturated heterocycles. The number of aromatic nitrogens is 2. The molecule has 17 heavy (non-hydrogen) atoms. The largest absolute Gasteiger partial charge is 0.368 e. The molecule has 0 bridgehead atoms. The minimum absolute atomic E-state index is 0.382. The van der Waals surface area contributed by atoms with Gasteiger partial charge in [-0.05, 0) is 31.4 Å². The summed E-state index contributed by atoms with van der Waals surface area (Å²) < 4.78 is 0. The first-order valence-electron chi connectivity index (χ1n) is 5.94. The van der Waals surface area contributed by atoms with E-state index < -0.39 is 0 Å². The van der Waals surface area contributed by atoms with Crippen molar-refractivity contribution in [2.24, 2.45) is 0 Å². The maximum absolute atomic E-state index is 5.79. The zero-order chi connectivity index (χ0) is 11.8. The van der Waals surface area contributed by atoms with Gasteiger partial charge in [-0.3, -0.25) is 0 Å². The van der Waals surface area contributed by atoms with E-state index in [0.717, 1.165) is 17.0 Å². The zero-order valence-electron chi connectivity index (χ0n) is 9.85. The van der Waals surface area contributed by atoms with Crippen molar-refractivity contribution < 1.29 is 0 Å². The van der Waals surface area contributed by atoms with Gasteiger partial charge < -0.3 is 5.73 Å². The monoisotopic (exact) mass is 225 g/mol. The fourth-order valence-electron chi connectivity index (χ4n) is 2.07. The Morgan fingerprint density at radius 1 is 1.18 bits per heavy atom. The lowest BCUT2D eigenvalue weighted by atomic mass is 10.0. The van der Waals surface area contributed by atoms with Crippen molar-refractivity contribution in [2.75, 3.05) is 5.73 Å². The topological polar surface area (TPSA) is 51.8 Å². The van der Waals surface area contributed by atoms with Crippen molar-refractivity contribution in [1.29, 1.82) is 0 Å². The molecule has 3 nitrogen and oxygen atoms in total. The van der Waals surface area contributed by atoms with Crippen LogP contribution in [0.3, 0.4) is 0 Å². The number of rotatable bonds is 2. The van der Waals surface area contributed by atoms with Crippen LogP contribution in [0.2, 0.25) is 0 Å². The van der Waals surface area contributed by atoms with Crippen LogP contribution >= 0.6 is 0 Å². The van der Waals surface area contributed by atoms with Gasteiger partial charge in [0.25, 0.3) is 0 Å². The van der Waals surface area contributed by atoms with E-state index in [1.807, 2.05) is 12.1 Å². The van der Waals surface area contributed by atoms with E-state index in [4.69, 9.17) is 5.73 Å². The number of aryl methyl sites for hydroxylation is 1. The summed E-state index contributed by atoms with van der Waals surface area (Å²) in [5.41, 5.74) is 10.2. The maximum Gasteiger partial charge on any atom is 0.220 e. The van der Waals surface area contributed by atoms with E-state index in [2.05, 4.69) is 35.1 Å². The van der Waals surface area contributed by atoms with Gasteiger partial charge >= 0.3 is 0 Å². The molecule has 1 aromatic heterocycles. The molecule has 1 aliphatic carbocycles. The van der Waals surface area contributed by atoms with E-state index in [-0.39, 0.29) is 0 Å². The van der Waals surface area contributed by atoms with Gasteiger partial charge in [-0.1, -0.05) is 24.3 Å². The molecule has 86 valence electrons. The Morgan fingerprint density at radius 2 is 1.94 bits per heavy atom. The van der Waals surface area contributed by atoms with Gasteiger partial charge in [-0.15, -0.1) is 0 Å². The molecule has 2 N–H and O–H groups in total. The van der Waals surface area contributed by atoms with Crippen LogP contribution < -0.4 is 5.73 Å². The fourth-order valence-corrected chi connectivity index (χ4v) is 2.07. The zero-order valence-corrected chi connectivity index (χ0v) is 9.85.